The number of allylic oxidation sites excluding steroid dienone is 14. The summed E-state index contributed by atoms with van der Waals surface area (Å²) in [6, 6.07) is -0.736. The van der Waals surface area contributed by atoms with Gasteiger partial charge in [-0.15, -0.1) is 0 Å². The smallest absolute Gasteiger partial charge is 0.220 e. The van der Waals surface area contributed by atoms with E-state index in [-0.39, 0.29) is 12.5 Å². The molecule has 1 aliphatic rings. The maximum atomic E-state index is 13.1. The van der Waals surface area contributed by atoms with Gasteiger partial charge in [-0.25, -0.2) is 0 Å². The first-order valence-electron chi connectivity index (χ1n) is 28.8. The van der Waals surface area contributed by atoms with Crippen molar-refractivity contribution in [3.05, 3.63) is 85.1 Å². The molecular formula is C61H107NO8. The van der Waals surface area contributed by atoms with E-state index in [1.165, 1.54) is 109 Å². The van der Waals surface area contributed by atoms with Gasteiger partial charge >= 0.3 is 0 Å². The lowest BCUT2D eigenvalue weighted by molar-refractivity contribution is -0.302. The van der Waals surface area contributed by atoms with Crippen LogP contribution in [0, 0.1) is 0 Å². The summed E-state index contributed by atoms with van der Waals surface area (Å²) in [6.07, 6.45) is 63.1. The minimum Gasteiger partial charge on any atom is -0.394 e. The second-order valence-electron chi connectivity index (χ2n) is 19.7. The van der Waals surface area contributed by atoms with Crippen molar-refractivity contribution < 1.29 is 39.8 Å². The van der Waals surface area contributed by atoms with Crippen molar-refractivity contribution in [3.8, 4) is 0 Å². The molecule has 7 unspecified atom stereocenters. The highest BCUT2D eigenvalue weighted by atomic mass is 16.7. The van der Waals surface area contributed by atoms with Crippen LogP contribution < -0.4 is 5.32 Å². The number of hydrogen-bond acceptors (Lipinski definition) is 8. The predicted molar refractivity (Wildman–Crippen MR) is 295 cm³/mol. The number of rotatable bonds is 48. The Morgan fingerprint density at radius 3 is 1.31 bits per heavy atom. The zero-order valence-electron chi connectivity index (χ0n) is 44.7. The van der Waals surface area contributed by atoms with Crippen LogP contribution in [0.2, 0.25) is 0 Å². The molecule has 0 aromatic rings. The summed E-state index contributed by atoms with van der Waals surface area (Å²) in [7, 11) is 0. The second-order valence-corrected chi connectivity index (χ2v) is 19.7. The second kappa shape index (κ2) is 49.9. The predicted octanol–water partition coefficient (Wildman–Crippen LogP) is 14.2. The summed E-state index contributed by atoms with van der Waals surface area (Å²) in [6.45, 7) is 3.72. The van der Waals surface area contributed by atoms with Gasteiger partial charge < -0.3 is 40.3 Å². The molecule has 1 rings (SSSR count). The van der Waals surface area contributed by atoms with Crippen LogP contribution in [0.1, 0.15) is 239 Å². The topological polar surface area (TPSA) is 149 Å². The number of carbonyl (C=O) groups excluding carboxylic acids is 1. The van der Waals surface area contributed by atoms with Crippen LogP contribution in [0.3, 0.4) is 0 Å². The SMILES string of the molecule is CC/C=C\C/C=C\C/C=C\C/C=C\C/C=C\C/C=C\C/C=C\CCCCCCCC(=O)NC(COC1OC(CO)C(O)C(O)C1O)C(O)CCCCCCCCCCCCCCCCCCCCCC. The molecule has 0 aliphatic carbocycles. The van der Waals surface area contributed by atoms with Crippen LogP contribution in [-0.2, 0) is 14.3 Å². The van der Waals surface area contributed by atoms with Crippen molar-refractivity contribution in [1.82, 2.24) is 5.32 Å². The third-order valence-corrected chi connectivity index (χ3v) is 13.3. The molecule has 1 heterocycles. The van der Waals surface area contributed by atoms with Gasteiger partial charge in [-0.05, 0) is 70.6 Å². The number of amides is 1. The molecule has 6 N–H and O–H groups in total. The highest BCUT2D eigenvalue weighted by molar-refractivity contribution is 5.76. The fourth-order valence-electron chi connectivity index (χ4n) is 8.73. The number of aliphatic hydroxyl groups is 5. The van der Waals surface area contributed by atoms with Crippen LogP contribution in [-0.4, -0.2) is 87.5 Å². The van der Waals surface area contributed by atoms with Gasteiger partial charge in [-0.2, -0.15) is 0 Å². The van der Waals surface area contributed by atoms with Crippen molar-refractivity contribution in [2.24, 2.45) is 0 Å². The molecule has 404 valence electrons. The van der Waals surface area contributed by atoms with Gasteiger partial charge in [0, 0.05) is 6.42 Å². The Bertz CT molecular complexity index is 1370. The van der Waals surface area contributed by atoms with E-state index in [2.05, 4.69) is 104 Å². The number of ether oxygens (including phenoxy) is 2. The van der Waals surface area contributed by atoms with Gasteiger partial charge in [0.1, 0.15) is 24.4 Å². The highest BCUT2D eigenvalue weighted by Gasteiger charge is 2.44. The molecule has 1 fully saturated rings. The first-order chi connectivity index (χ1) is 34.3. The van der Waals surface area contributed by atoms with E-state index in [1.807, 2.05) is 0 Å². The molecule has 0 spiro atoms. The minimum atomic E-state index is -1.56. The summed E-state index contributed by atoms with van der Waals surface area (Å²) in [5, 5.41) is 54.7. The normalized spacial score (nSPS) is 20.0. The molecule has 1 aliphatic heterocycles. The quantitative estimate of drug-likeness (QED) is 0.0261. The Kier molecular flexibility index (Phi) is 46.6. The molecule has 0 radical (unpaired) electrons. The van der Waals surface area contributed by atoms with Crippen molar-refractivity contribution >= 4 is 5.91 Å². The van der Waals surface area contributed by atoms with Crippen molar-refractivity contribution in [3.63, 3.8) is 0 Å². The Hall–Kier alpha value is -2.63. The number of hydrogen-bond donors (Lipinski definition) is 6. The molecular weight excluding hydrogens is 875 g/mol. The third-order valence-electron chi connectivity index (χ3n) is 13.3. The van der Waals surface area contributed by atoms with Crippen LogP contribution in [0.15, 0.2) is 85.1 Å². The molecule has 1 amide bonds. The number of aliphatic hydroxyl groups excluding tert-OH is 5. The lowest BCUT2D eigenvalue weighted by atomic mass is 9.99. The van der Waals surface area contributed by atoms with E-state index < -0.39 is 49.5 Å². The van der Waals surface area contributed by atoms with E-state index in [0.717, 1.165) is 103 Å². The fourth-order valence-corrected chi connectivity index (χ4v) is 8.73. The van der Waals surface area contributed by atoms with E-state index in [1.54, 1.807) is 0 Å². The Labute approximate surface area is 429 Å². The van der Waals surface area contributed by atoms with E-state index in [0.29, 0.717) is 12.8 Å². The molecule has 9 heteroatoms. The van der Waals surface area contributed by atoms with Gasteiger partial charge in [0.05, 0.1) is 25.4 Å². The van der Waals surface area contributed by atoms with Crippen molar-refractivity contribution in [2.45, 2.75) is 281 Å². The Morgan fingerprint density at radius 2 is 0.886 bits per heavy atom. The summed E-state index contributed by atoms with van der Waals surface area (Å²) in [4.78, 5) is 13.1. The zero-order chi connectivity index (χ0) is 50.8. The summed E-state index contributed by atoms with van der Waals surface area (Å²) in [5.74, 6) is -0.165. The highest BCUT2D eigenvalue weighted by Crippen LogP contribution is 2.23. The summed E-state index contributed by atoms with van der Waals surface area (Å²) < 4.78 is 11.3. The Balaban J connectivity index is 2.25. The summed E-state index contributed by atoms with van der Waals surface area (Å²) >= 11 is 0. The maximum absolute atomic E-state index is 13.1. The zero-order valence-corrected chi connectivity index (χ0v) is 44.7. The molecule has 7 atom stereocenters. The maximum Gasteiger partial charge on any atom is 0.220 e. The summed E-state index contributed by atoms with van der Waals surface area (Å²) in [5.41, 5.74) is 0. The molecule has 70 heavy (non-hydrogen) atoms. The molecule has 0 saturated carbocycles. The minimum absolute atomic E-state index is 0.150. The van der Waals surface area contributed by atoms with Gasteiger partial charge in [0.2, 0.25) is 5.91 Å². The van der Waals surface area contributed by atoms with Crippen LogP contribution in [0.25, 0.3) is 0 Å². The first kappa shape index (κ1) is 65.4. The van der Waals surface area contributed by atoms with Crippen LogP contribution >= 0.6 is 0 Å². The molecule has 0 bridgehead atoms. The molecule has 0 aromatic heterocycles. The lowest BCUT2D eigenvalue weighted by Gasteiger charge is -2.40. The van der Waals surface area contributed by atoms with Gasteiger partial charge in [0.15, 0.2) is 6.29 Å². The monoisotopic (exact) mass is 982 g/mol. The lowest BCUT2D eigenvalue weighted by Crippen LogP contribution is -2.60. The van der Waals surface area contributed by atoms with Crippen LogP contribution in [0.4, 0.5) is 0 Å². The van der Waals surface area contributed by atoms with Gasteiger partial charge in [-0.1, -0.05) is 247 Å². The number of nitrogens with one attached hydrogen (secondary N) is 1. The molecule has 0 aromatic carbocycles. The largest absolute Gasteiger partial charge is 0.394 e. The van der Waals surface area contributed by atoms with E-state index in [9.17, 15) is 30.3 Å². The van der Waals surface area contributed by atoms with Gasteiger partial charge in [-0.3, -0.25) is 4.79 Å². The third kappa shape index (κ3) is 39.0. The fraction of sp³-hybridized carbons (Fsp3) is 0.754. The first-order valence-corrected chi connectivity index (χ1v) is 28.8. The number of carbonyl (C=O) groups is 1. The standard InChI is InChI=1S/C61H107NO8/c1-3-5-7-9-11-13-15-17-19-21-23-25-26-27-28-29-30-31-33-35-37-39-41-43-45-47-49-51-57(65)62-54(53-69-61-60(68)59(67)58(66)56(52-63)70-61)55(64)50-48-46-44-42-40-38-36-34-32-24-22-20-18-16-14-12-10-8-6-4-2/h5,7,11,13,17,19,23,25,27-28,30-31,35,37,54-56,58-61,63-64,66-68H,3-4,6,8-10,12,14-16,18,20-22,24,26,29,32-34,36,38-53H2,1-2H3,(H,62,65)/b7-5-,13-11-,19-17-,25-23-,28-27-,31-30-,37-35-. The Morgan fingerprint density at radius 1 is 0.500 bits per heavy atom. The van der Waals surface area contributed by atoms with E-state index >= 15 is 0 Å². The molecule has 1 saturated heterocycles. The average Bonchev–Trinajstić information content (AvgIpc) is 3.36. The van der Waals surface area contributed by atoms with E-state index in [4.69, 9.17) is 9.47 Å². The van der Waals surface area contributed by atoms with Crippen LogP contribution in [0.5, 0.6) is 0 Å². The average molecular weight is 983 g/mol. The number of unbranched alkanes of at least 4 members (excludes halogenated alkanes) is 24. The van der Waals surface area contributed by atoms with Crippen molar-refractivity contribution in [1.29, 1.82) is 0 Å². The van der Waals surface area contributed by atoms with Gasteiger partial charge in [0.25, 0.3) is 0 Å². The molecule has 9 nitrogen and oxygen atoms in total. The van der Waals surface area contributed by atoms with Crippen molar-refractivity contribution in [2.75, 3.05) is 13.2 Å².